The quantitative estimate of drug-likeness (QED) is 0.905. The lowest BCUT2D eigenvalue weighted by Gasteiger charge is -2.29. The number of aryl methyl sites for hydroxylation is 2. The average molecular weight is 328 g/mol. The predicted molar refractivity (Wildman–Crippen MR) is 93.3 cm³/mol. The van der Waals surface area contributed by atoms with Crippen molar-refractivity contribution >= 4 is 11.9 Å². The van der Waals surface area contributed by atoms with Gasteiger partial charge in [-0.1, -0.05) is 32.0 Å². The highest BCUT2D eigenvalue weighted by Crippen LogP contribution is 2.41. The summed E-state index contributed by atoms with van der Waals surface area (Å²) in [6.45, 7) is 8.25. The van der Waals surface area contributed by atoms with Crippen LogP contribution in [0.4, 0.5) is 10.6 Å². The highest BCUT2D eigenvalue weighted by Gasteiger charge is 2.45. The zero-order valence-electron chi connectivity index (χ0n) is 14.6. The SMILES string of the molecule is CCc1cccc(CC)c1-n1nc2c(c1N)CN(C(=O)O)C2(C)C. The first-order valence-electron chi connectivity index (χ1n) is 8.32. The third-order valence-corrected chi connectivity index (χ3v) is 5.00. The fourth-order valence-corrected chi connectivity index (χ4v) is 3.56. The molecule has 24 heavy (non-hydrogen) atoms. The maximum atomic E-state index is 11.5. The molecule has 0 saturated carbocycles. The molecule has 3 N–H and O–H groups in total. The van der Waals surface area contributed by atoms with Crippen molar-refractivity contribution in [3.8, 4) is 5.69 Å². The highest BCUT2D eigenvalue weighted by atomic mass is 16.4. The van der Waals surface area contributed by atoms with E-state index in [9.17, 15) is 9.90 Å². The van der Waals surface area contributed by atoms with Crippen LogP contribution in [0.2, 0.25) is 0 Å². The van der Waals surface area contributed by atoms with Crippen molar-refractivity contribution in [2.75, 3.05) is 5.73 Å². The Bertz CT molecular complexity index is 785. The molecule has 0 spiro atoms. The Morgan fingerprint density at radius 2 is 1.88 bits per heavy atom. The van der Waals surface area contributed by atoms with Crippen molar-refractivity contribution in [1.82, 2.24) is 14.7 Å². The molecular formula is C18H24N4O2. The van der Waals surface area contributed by atoms with Crippen LogP contribution in [0.3, 0.4) is 0 Å². The Balaban J connectivity index is 2.20. The van der Waals surface area contributed by atoms with E-state index in [1.165, 1.54) is 16.0 Å². The Kier molecular flexibility index (Phi) is 3.78. The summed E-state index contributed by atoms with van der Waals surface area (Å²) in [6, 6.07) is 6.25. The van der Waals surface area contributed by atoms with Gasteiger partial charge in [-0.25, -0.2) is 9.48 Å². The number of anilines is 1. The molecule has 3 rings (SSSR count). The van der Waals surface area contributed by atoms with Crippen LogP contribution in [-0.4, -0.2) is 25.9 Å². The zero-order chi connectivity index (χ0) is 17.6. The van der Waals surface area contributed by atoms with Gasteiger partial charge in [0.2, 0.25) is 0 Å². The Hall–Kier alpha value is -2.50. The third kappa shape index (κ3) is 2.17. The number of para-hydroxylation sites is 1. The molecule has 2 heterocycles. The molecule has 0 unspecified atom stereocenters. The lowest BCUT2D eigenvalue weighted by atomic mass is 10.0. The van der Waals surface area contributed by atoms with Gasteiger partial charge in [0.15, 0.2) is 0 Å². The molecule has 2 aromatic rings. The summed E-state index contributed by atoms with van der Waals surface area (Å²) >= 11 is 0. The van der Waals surface area contributed by atoms with Crippen LogP contribution in [-0.2, 0) is 24.9 Å². The summed E-state index contributed by atoms with van der Waals surface area (Å²) in [5.41, 5.74) is 10.7. The largest absolute Gasteiger partial charge is 0.465 e. The van der Waals surface area contributed by atoms with Crippen LogP contribution in [0.5, 0.6) is 0 Å². The lowest BCUT2D eigenvalue weighted by molar-refractivity contribution is 0.0976. The van der Waals surface area contributed by atoms with E-state index >= 15 is 0 Å². The van der Waals surface area contributed by atoms with E-state index in [1.807, 2.05) is 18.5 Å². The van der Waals surface area contributed by atoms with E-state index in [2.05, 4.69) is 32.0 Å². The second-order valence-electron chi connectivity index (χ2n) is 6.68. The number of hydrogen-bond donors (Lipinski definition) is 2. The number of carbonyl (C=O) groups is 1. The smallest absolute Gasteiger partial charge is 0.408 e. The second kappa shape index (κ2) is 5.54. The predicted octanol–water partition coefficient (Wildman–Crippen LogP) is 3.31. The van der Waals surface area contributed by atoms with Crippen molar-refractivity contribution < 1.29 is 9.90 Å². The zero-order valence-corrected chi connectivity index (χ0v) is 14.6. The summed E-state index contributed by atoms with van der Waals surface area (Å²) in [7, 11) is 0. The minimum atomic E-state index is -0.952. The van der Waals surface area contributed by atoms with Gasteiger partial charge in [-0.05, 0) is 37.8 Å². The maximum absolute atomic E-state index is 11.5. The van der Waals surface area contributed by atoms with Gasteiger partial charge in [-0.3, -0.25) is 4.90 Å². The third-order valence-electron chi connectivity index (χ3n) is 5.00. The molecule has 1 aromatic carbocycles. The molecule has 6 nitrogen and oxygen atoms in total. The van der Waals surface area contributed by atoms with Gasteiger partial charge in [0.05, 0.1) is 23.5 Å². The monoisotopic (exact) mass is 328 g/mol. The molecule has 0 fully saturated rings. The molecule has 0 aliphatic carbocycles. The fraction of sp³-hybridized carbons (Fsp3) is 0.444. The fourth-order valence-electron chi connectivity index (χ4n) is 3.56. The number of nitrogen functional groups attached to an aromatic ring is 1. The molecule has 0 bridgehead atoms. The van der Waals surface area contributed by atoms with Gasteiger partial charge in [0.25, 0.3) is 0 Å². The van der Waals surface area contributed by atoms with E-state index in [0.717, 1.165) is 29.8 Å². The van der Waals surface area contributed by atoms with Gasteiger partial charge in [-0.15, -0.1) is 0 Å². The summed E-state index contributed by atoms with van der Waals surface area (Å²) in [4.78, 5) is 12.9. The van der Waals surface area contributed by atoms with Crippen LogP contribution in [0.1, 0.15) is 50.1 Å². The van der Waals surface area contributed by atoms with Crippen LogP contribution in [0.15, 0.2) is 18.2 Å². The number of rotatable bonds is 3. The normalized spacial score (nSPS) is 15.6. The van der Waals surface area contributed by atoms with Gasteiger partial charge in [0.1, 0.15) is 5.82 Å². The number of nitrogens with zero attached hydrogens (tertiary/aromatic N) is 3. The van der Waals surface area contributed by atoms with E-state index in [-0.39, 0.29) is 6.54 Å². The van der Waals surface area contributed by atoms with Crippen molar-refractivity contribution in [3.63, 3.8) is 0 Å². The van der Waals surface area contributed by atoms with Gasteiger partial charge in [-0.2, -0.15) is 5.10 Å². The van der Waals surface area contributed by atoms with Gasteiger partial charge < -0.3 is 10.8 Å². The van der Waals surface area contributed by atoms with Crippen molar-refractivity contribution in [2.45, 2.75) is 52.6 Å². The van der Waals surface area contributed by atoms with Gasteiger partial charge >= 0.3 is 6.09 Å². The maximum Gasteiger partial charge on any atom is 0.408 e. The molecule has 1 aromatic heterocycles. The lowest BCUT2D eigenvalue weighted by Crippen LogP contribution is -2.40. The first kappa shape index (κ1) is 16.4. The first-order chi connectivity index (χ1) is 11.3. The number of fused-ring (bicyclic) bond motifs is 1. The average Bonchev–Trinajstić information content (AvgIpc) is 3.01. The number of carboxylic acid groups (broad SMARTS) is 1. The van der Waals surface area contributed by atoms with Crippen molar-refractivity contribution in [2.24, 2.45) is 0 Å². The molecule has 0 radical (unpaired) electrons. The van der Waals surface area contributed by atoms with E-state index in [1.54, 1.807) is 0 Å². The van der Waals surface area contributed by atoms with Crippen LogP contribution in [0, 0.1) is 0 Å². The number of amides is 1. The summed E-state index contributed by atoms with van der Waals surface area (Å²) in [5, 5.41) is 14.2. The molecule has 0 saturated heterocycles. The number of benzene rings is 1. The minimum Gasteiger partial charge on any atom is -0.465 e. The highest BCUT2D eigenvalue weighted by molar-refractivity contribution is 5.70. The molecule has 1 amide bonds. The summed E-state index contributed by atoms with van der Waals surface area (Å²) in [6.07, 6.45) is 0.822. The Labute approximate surface area is 141 Å². The standard InChI is InChI=1S/C18H24N4O2/c1-5-11-8-7-9-12(6-2)14(11)22-16(19)13-10-21(17(23)24)18(3,4)15(13)20-22/h7-9H,5-6,10,19H2,1-4H3,(H,23,24). The summed E-state index contributed by atoms with van der Waals surface area (Å²) in [5.74, 6) is 0.539. The molecule has 6 heteroatoms. The van der Waals surface area contributed by atoms with Crippen molar-refractivity contribution in [1.29, 1.82) is 0 Å². The number of aromatic nitrogens is 2. The van der Waals surface area contributed by atoms with Crippen LogP contribution < -0.4 is 5.73 Å². The second-order valence-corrected chi connectivity index (χ2v) is 6.68. The molecular weight excluding hydrogens is 304 g/mol. The number of nitrogens with two attached hydrogens (primary N) is 1. The first-order valence-corrected chi connectivity index (χ1v) is 8.32. The topological polar surface area (TPSA) is 84.4 Å². The van der Waals surface area contributed by atoms with Crippen LogP contribution >= 0.6 is 0 Å². The van der Waals surface area contributed by atoms with E-state index in [0.29, 0.717) is 5.82 Å². The van der Waals surface area contributed by atoms with Gasteiger partial charge in [0, 0.05) is 5.56 Å². The van der Waals surface area contributed by atoms with E-state index in [4.69, 9.17) is 10.8 Å². The summed E-state index contributed by atoms with van der Waals surface area (Å²) < 4.78 is 1.81. The molecule has 0 atom stereocenters. The molecule has 128 valence electrons. The molecule has 1 aliphatic heterocycles. The van der Waals surface area contributed by atoms with E-state index < -0.39 is 11.6 Å². The minimum absolute atomic E-state index is 0.277. The Morgan fingerprint density at radius 1 is 1.29 bits per heavy atom. The molecule has 1 aliphatic rings. The van der Waals surface area contributed by atoms with Crippen molar-refractivity contribution in [3.05, 3.63) is 40.6 Å². The number of hydrogen-bond acceptors (Lipinski definition) is 3. The van der Waals surface area contributed by atoms with Crippen LogP contribution in [0.25, 0.3) is 5.69 Å². The Morgan fingerprint density at radius 3 is 2.33 bits per heavy atom.